The second kappa shape index (κ2) is 6.65. The Kier molecular flexibility index (Phi) is 5.16. The van der Waals surface area contributed by atoms with E-state index in [0.29, 0.717) is 5.82 Å². The molecule has 0 aliphatic heterocycles. The van der Waals surface area contributed by atoms with Gasteiger partial charge in [0.25, 0.3) is 5.82 Å². The normalized spacial score (nSPS) is 9.00. The number of benzene rings is 1. The van der Waals surface area contributed by atoms with E-state index in [-0.39, 0.29) is 5.56 Å². The van der Waals surface area contributed by atoms with Gasteiger partial charge < -0.3 is 9.90 Å². The Labute approximate surface area is 107 Å². The zero-order chi connectivity index (χ0) is 12.7. The van der Waals surface area contributed by atoms with E-state index in [1.165, 1.54) is 12.1 Å². The van der Waals surface area contributed by atoms with Gasteiger partial charge in [0.2, 0.25) is 0 Å². The number of hydrogen-bond acceptors (Lipinski definition) is 3. The summed E-state index contributed by atoms with van der Waals surface area (Å²) < 4.78 is 0.859. The molecule has 4 nitrogen and oxygen atoms in total. The second-order valence-electron chi connectivity index (χ2n) is 3.11. The number of carbonyl (C=O) groups excluding carboxylic acids is 1. The van der Waals surface area contributed by atoms with Crippen LogP contribution in [-0.4, -0.2) is 5.97 Å². The average Bonchev–Trinajstić information content (AvgIpc) is 2.31. The van der Waals surface area contributed by atoms with E-state index >= 15 is 0 Å². The highest BCUT2D eigenvalue weighted by Crippen LogP contribution is 2.09. The van der Waals surface area contributed by atoms with Crippen molar-refractivity contribution in [1.29, 1.82) is 0 Å². The summed E-state index contributed by atoms with van der Waals surface area (Å²) in [6.07, 6.45) is 1.79. The van der Waals surface area contributed by atoms with Crippen molar-refractivity contribution < 1.29 is 14.9 Å². The second-order valence-corrected chi connectivity index (χ2v) is 4.03. The van der Waals surface area contributed by atoms with Crippen LogP contribution in [-0.2, 0) is 0 Å². The fourth-order valence-electron chi connectivity index (χ4n) is 0.993. The van der Waals surface area contributed by atoms with Crippen LogP contribution in [0.5, 0.6) is 0 Å². The number of aromatic carboxylic acids is 1. The van der Waals surface area contributed by atoms with E-state index in [2.05, 4.69) is 20.9 Å². The molecule has 0 bridgehead atoms. The van der Waals surface area contributed by atoms with Gasteiger partial charge in [-0.15, -0.1) is 0 Å². The predicted molar refractivity (Wildman–Crippen MR) is 65.9 cm³/mol. The third-order valence-electron chi connectivity index (χ3n) is 1.81. The molecule has 0 atom stereocenters. The fourth-order valence-corrected chi connectivity index (χ4v) is 1.26. The van der Waals surface area contributed by atoms with E-state index in [1.54, 1.807) is 24.4 Å². The largest absolute Gasteiger partial charge is 0.545 e. The first-order valence-electron chi connectivity index (χ1n) is 4.78. The SMILES string of the molecule is Nc1cccc[nH+]1.O=C([O-])c1ccc(Br)cc1. The standard InChI is InChI=1S/C7H5BrO2.C5H6N2/c8-6-3-1-5(2-4-6)7(9)10;6-5-3-1-2-4-7-5/h1-4H,(H,9,10);1-4H,(H2,6,7). The zero-order valence-electron chi connectivity index (χ0n) is 8.89. The molecule has 0 aliphatic rings. The summed E-state index contributed by atoms with van der Waals surface area (Å²) in [6, 6.07) is 11.9. The number of hydrogen-bond donors (Lipinski definition) is 1. The monoisotopic (exact) mass is 294 g/mol. The Morgan fingerprint density at radius 2 is 1.82 bits per heavy atom. The number of carbonyl (C=O) groups is 1. The molecule has 0 aliphatic carbocycles. The lowest BCUT2D eigenvalue weighted by Gasteiger charge is -1.99. The predicted octanol–water partition coefficient (Wildman–Crippen LogP) is 0.896. The summed E-state index contributed by atoms with van der Waals surface area (Å²) in [6.45, 7) is 0. The topological polar surface area (TPSA) is 80.3 Å². The summed E-state index contributed by atoms with van der Waals surface area (Å²) in [5, 5.41) is 10.2. The first-order chi connectivity index (χ1) is 8.09. The van der Waals surface area contributed by atoms with Crippen LogP contribution in [0.2, 0.25) is 0 Å². The molecule has 17 heavy (non-hydrogen) atoms. The summed E-state index contributed by atoms with van der Waals surface area (Å²) in [7, 11) is 0. The molecule has 1 aromatic carbocycles. The summed E-state index contributed by atoms with van der Waals surface area (Å²) in [5.74, 6) is -0.449. The van der Waals surface area contributed by atoms with Crippen molar-refractivity contribution >= 4 is 27.7 Å². The van der Waals surface area contributed by atoms with Crippen LogP contribution in [0.15, 0.2) is 53.1 Å². The van der Waals surface area contributed by atoms with Gasteiger partial charge in [0.1, 0.15) is 0 Å². The van der Waals surface area contributed by atoms with Crippen LogP contribution in [0, 0.1) is 0 Å². The van der Waals surface area contributed by atoms with Crippen LogP contribution in [0.1, 0.15) is 10.4 Å². The maximum absolute atomic E-state index is 10.2. The lowest BCUT2D eigenvalue weighted by molar-refractivity contribution is -0.360. The van der Waals surface area contributed by atoms with Gasteiger partial charge in [0.15, 0.2) is 0 Å². The maximum Gasteiger partial charge on any atom is 0.269 e. The number of aromatic amines is 1. The quantitative estimate of drug-likeness (QED) is 0.848. The number of nitrogen functional groups attached to an aromatic ring is 1. The van der Waals surface area contributed by atoms with Gasteiger partial charge >= 0.3 is 0 Å². The van der Waals surface area contributed by atoms with Crippen LogP contribution in [0.4, 0.5) is 5.82 Å². The van der Waals surface area contributed by atoms with Crippen molar-refractivity contribution in [3.8, 4) is 0 Å². The molecule has 0 unspecified atom stereocenters. The minimum atomic E-state index is -1.15. The summed E-state index contributed by atoms with van der Waals surface area (Å²) >= 11 is 3.18. The van der Waals surface area contributed by atoms with Gasteiger partial charge in [0.05, 0.1) is 12.2 Å². The lowest BCUT2D eigenvalue weighted by Crippen LogP contribution is -2.21. The number of pyridine rings is 1. The molecule has 0 saturated heterocycles. The van der Waals surface area contributed by atoms with Crippen molar-refractivity contribution in [3.63, 3.8) is 0 Å². The van der Waals surface area contributed by atoms with Crippen LogP contribution >= 0.6 is 15.9 Å². The average molecular weight is 295 g/mol. The zero-order valence-corrected chi connectivity index (χ0v) is 10.5. The number of H-pyrrole nitrogens is 1. The number of nitrogens with two attached hydrogens (primary N) is 1. The Bertz CT molecular complexity index is 472. The van der Waals surface area contributed by atoms with E-state index in [0.717, 1.165) is 4.47 Å². The maximum atomic E-state index is 10.2. The van der Waals surface area contributed by atoms with E-state index in [4.69, 9.17) is 5.73 Å². The Morgan fingerprint density at radius 3 is 2.18 bits per heavy atom. The molecule has 5 heteroatoms. The highest BCUT2D eigenvalue weighted by Gasteiger charge is 1.90. The van der Waals surface area contributed by atoms with Gasteiger partial charge in [0, 0.05) is 10.5 Å². The van der Waals surface area contributed by atoms with Crippen LogP contribution in [0.3, 0.4) is 0 Å². The molecule has 0 amide bonds. The molecule has 2 aromatic rings. The van der Waals surface area contributed by atoms with Gasteiger partial charge in [-0.05, 0) is 23.8 Å². The molecule has 0 radical (unpaired) electrons. The molecular formula is C12H11BrN2O2. The third-order valence-corrected chi connectivity index (χ3v) is 2.34. The molecule has 0 fully saturated rings. The van der Waals surface area contributed by atoms with E-state index in [1.807, 2.05) is 12.1 Å². The minimum absolute atomic E-state index is 0.197. The van der Waals surface area contributed by atoms with Gasteiger partial charge in [-0.1, -0.05) is 34.1 Å². The lowest BCUT2D eigenvalue weighted by atomic mass is 10.2. The van der Waals surface area contributed by atoms with Crippen molar-refractivity contribution in [1.82, 2.24) is 0 Å². The smallest absolute Gasteiger partial charge is 0.269 e. The molecule has 2 rings (SSSR count). The van der Waals surface area contributed by atoms with E-state index < -0.39 is 5.97 Å². The molecular weight excluding hydrogens is 284 g/mol. The van der Waals surface area contributed by atoms with Crippen LogP contribution < -0.4 is 15.8 Å². The highest BCUT2D eigenvalue weighted by molar-refractivity contribution is 9.10. The van der Waals surface area contributed by atoms with Gasteiger partial charge in [-0.3, -0.25) is 5.73 Å². The number of carboxylic acid groups (broad SMARTS) is 1. The number of anilines is 1. The first kappa shape index (κ1) is 13.2. The van der Waals surface area contributed by atoms with Gasteiger partial charge in [-0.2, -0.15) is 0 Å². The highest BCUT2D eigenvalue weighted by atomic mass is 79.9. The molecule has 88 valence electrons. The Morgan fingerprint density at radius 1 is 1.18 bits per heavy atom. The van der Waals surface area contributed by atoms with Crippen LogP contribution in [0.25, 0.3) is 0 Å². The first-order valence-corrected chi connectivity index (χ1v) is 5.58. The molecule has 1 aromatic heterocycles. The number of aromatic nitrogens is 1. The molecule has 3 N–H and O–H groups in total. The minimum Gasteiger partial charge on any atom is -0.545 e. The van der Waals surface area contributed by atoms with E-state index in [9.17, 15) is 9.90 Å². The summed E-state index contributed by atoms with van der Waals surface area (Å²) in [5.41, 5.74) is 5.50. The Hall–Kier alpha value is -1.88. The van der Waals surface area contributed by atoms with Crippen molar-refractivity contribution in [2.45, 2.75) is 0 Å². The number of halogens is 1. The summed E-state index contributed by atoms with van der Waals surface area (Å²) in [4.78, 5) is 13.0. The number of carboxylic acids is 1. The molecule has 0 saturated carbocycles. The van der Waals surface area contributed by atoms with Gasteiger partial charge in [-0.25, -0.2) is 4.98 Å². The fraction of sp³-hybridized carbons (Fsp3) is 0. The molecule has 1 heterocycles. The van der Waals surface area contributed by atoms with Crippen molar-refractivity contribution in [2.24, 2.45) is 0 Å². The van der Waals surface area contributed by atoms with Crippen molar-refractivity contribution in [2.75, 3.05) is 5.73 Å². The molecule has 0 spiro atoms. The number of nitrogens with one attached hydrogen (secondary N) is 1. The number of rotatable bonds is 1. The van der Waals surface area contributed by atoms with Crippen molar-refractivity contribution in [3.05, 3.63) is 58.7 Å². The third kappa shape index (κ3) is 5.12. The Balaban J connectivity index is 0.000000181.